The van der Waals surface area contributed by atoms with Crippen molar-refractivity contribution >= 4 is 11.8 Å². The Balaban J connectivity index is 2.11. The van der Waals surface area contributed by atoms with Gasteiger partial charge in [-0.05, 0) is 25.2 Å². The third-order valence-electron chi connectivity index (χ3n) is 3.96. The Bertz CT molecular complexity index is 336. The van der Waals surface area contributed by atoms with E-state index in [4.69, 9.17) is 4.74 Å². The molecule has 0 spiro atoms. The smallest absolute Gasteiger partial charge is 0.245 e. The molecule has 2 rings (SSSR count). The maximum absolute atomic E-state index is 12.6. The molecule has 0 aromatic rings. The highest BCUT2D eigenvalue weighted by molar-refractivity contribution is 5.90. The molecule has 2 fully saturated rings. The molecule has 1 saturated heterocycles. The average molecular weight is 268 g/mol. The summed E-state index contributed by atoms with van der Waals surface area (Å²) in [4.78, 5) is 26.2. The molecule has 19 heavy (non-hydrogen) atoms. The number of carbonyl (C=O) groups is 2. The summed E-state index contributed by atoms with van der Waals surface area (Å²) in [6.07, 6.45) is 4.43. The van der Waals surface area contributed by atoms with Gasteiger partial charge in [-0.1, -0.05) is 13.3 Å². The first-order chi connectivity index (χ1) is 9.17. The van der Waals surface area contributed by atoms with Crippen LogP contribution in [0.2, 0.25) is 0 Å². The molecular weight excluding hydrogens is 244 g/mol. The molecule has 1 aliphatic carbocycles. The van der Waals surface area contributed by atoms with Crippen molar-refractivity contribution < 1.29 is 14.3 Å². The van der Waals surface area contributed by atoms with Crippen molar-refractivity contribution in [2.45, 2.75) is 51.1 Å². The Kier molecular flexibility index (Phi) is 4.80. The van der Waals surface area contributed by atoms with Crippen molar-refractivity contribution in [2.75, 3.05) is 20.3 Å². The van der Waals surface area contributed by atoms with Gasteiger partial charge in [0.25, 0.3) is 0 Å². The van der Waals surface area contributed by atoms with Crippen molar-refractivity contribution in [3.8, 4) is 0 Å². The maximum Gasteiger partial charge on any atom is 0.245 e. The molecule has 0 bridgehead atoms. The minimum absolute atomic E-state index is 0.000385. The van der Waals surface area contributed by atoms with Crippen LogP contribution in [0.3, 0.4) is 0 Å². The van der Waals surface area contributed by atoms with E-state index in [1.54, 1.807) is 7.11 Å². The fourth-order valence-electron chi connectivity index (χ4n) is 2.78. The summed E-state index contributed by atoms with van der Waals surface area (Å²) >= 11 is 0. The van der Waals surface area contributed by atoms with Gasteiger partial charge in [-0.2, -0.15) is 0 Å². The number of ether oxygens (including phenoxy) is 1. The number of rotatable bonds is 6. The van der Waals surface area contributed by atoms with Gasteiger partial charge in [0.1, 0.15) is 6.04 Å². The lowest BCUT2D eigenvalue weighted by atomic mass is 10.1. The van der Waals surface area contributed by atoms with E-state index >= 15 is 0 Å². The summed E-state index contributed by atoms with van der Waals surface area (Å²) in [5.74, 6) is 0.436. The van der Waals surface area contributed by atoms with E-state index in [0.29, 0.717) is 25.5 Å². The summed E-state index contributed by atoms with van der Waals surface area (Å²) < 4.78 is 5.24. The van der Waals surface area contributed by atoms with Crippen LogP contribution >= 0.6 is 0 Å². The van der Waals surface area contributed by atoms with Crippen molar-refractivity contribution in [2.24, 2.45) is 5.92 Å². The molecule has 5 heteroatoms. The number of amides is 2. The molecule has 0 aromatic heterocycles. The van der Waals surface area contributed by atoms with Crippen molar-refractivity contribution in [1.29, 1.82) is 0 Å². The number of nitrogens with zero attached hydrogens (tertiary/aromatic N) is 1. The number of carbonyl (C=O) groups excluding carboxylic acids is 2. The molecule has 1 N–H and O–H groups in total. The summed E-state index contributed by atoms with van der Waals surface area (Å²) in [6, 6.07) is -0.206. The van der Waals surface area contributed by atoms with Crippen molar-refractivity contribution in [3.05, 3.63) is 0 Å². The van der Waals surface area contributed by atoms with E-state index < -0.39 is 0 Å². The molecule has 1 saturated carbocycles. The zero-order valence-electron chi connectivity index (χ0n) is 11.9. The topological polar surface area (TPSA) is 58.6 Å². The number of methoxy groups -OCH3 is 1. The highest BCUT2D eigenvalue weighted by atomic mass is 16.5. The van der Waals surface area contributed by atoms with Crippen molar-refractivity contribution in [3.63, 3.8) is 0 Å². The molecule has 2 aliphatic rings. The Morgan fingerprint density at radius 3 is 2.74 bits per heavy atom. The average Bonchev–Trinajstić information content (AvgIpc) is 3.20. The van der Waals surface area contributed by atoms with Gasteiger partial charge in [-0.3, -0.25) is 9.59 Å². The van der Waals surface area contributed by atoms with Gasteiger partial charge in [0.15, 0.2) is 0 Å². The molecule has 1 aliphatic heterocycles. The number of hydrogen-bond donors (Lipinski definition) is 1. The zero-order chi connectivity index (χ0) is 13.8. The first-order valence-electron chi connectivity index (χ1n) is 7.26. The first-order valence-corrected chi connectivity index (χ1v) is 7.26. The minimum atomic E-state index is -0.300. The van der Waals surface area contributed by atoms with Crippen LogP contribution in [0, 0.1) is 5.92 Å². The van der Waals surface area contributed by atoms with Crippen LogP contribution in [0.1, 0.15) is 39.0 Å². The van der Waals surface area contributed by atoms with Crippen molar-refractivity contribution in [1.82, 2.24) is 10.2 Å². The number of nitrogens with one attached hydrogen (secondary N) is 1. The lowest BCUT2D eigenvalue weighted by Crippen LogP contribution is -2.50. The van der Waals surface area contributed by atoms with E-state index in [0.717, 1.165) is 25.7 Å². The molecular formula is C14H24N2O3. The largest absolute Gasteiger partial charge is 0.383 e. The molecule has 2 atom stereocenters. The van der Waals surface area contributed by atoms with E-state index in [2.05, 4.69) is 12.2 Å². The lowest BCUT2D eigenvalue weighted by Gasteiger charge is -2.32. The van der Waals surface area contributed by atoms with E-state index in [1.807, 2.05) is 4.90 Å². The zero-order valence-corrected chi connectivity index (χ0v) is 11.9. The second-order valence-electron chi connectivity index (χ2n) is 5.56. The Labute approximate surface area is 114 Å². The Hall–Kier alpha value is -1.10. The van der Waals surface area contributed by atoms with Gasteiger partial charge < -0.3 is 15.0 Å². The Morgan fingerprint density at radius 1 is 1.42 bits per heavy atom. The van der Waals surface area contributed by atoms with Gasteiger partial charge in [0, 0.05) is 20.1 Å². The van der Waals surface area contributed by atoms with E-state index in [-0.39, 0.29) is 23.9 Å². The molecule has 2 amide bonds. The van der Waals surface area contributed by atoms with Crippen LogP contribution in [0.5, 0.6) is 0 Å². The molecule has 0 aromatic carbocycles. The molecule has 5 nitrogen and oxygen atoms in total. The number of hydrogen-bond acceptors (Lipinski definition) is 3. The van der Waals surface area contributed by atoms with Crippen LogP contribution in [0.15, 0.2) is 0 Å². The maximum atomic E-state index is 12.6. The monoisotopic (exact) mass is 268 g/mol. The predicted molar refractivity (Wildman–Crippen MR) is 71.6 cm³/mol. The van der Waals surface area contributed by atoms with Crippen LogP contribution in [0.25, 0.3) is 0 Å². The summed E-state index contributed by atoms with van der Waals surface area (Å²) in [7, 11) is 1.66. The summed E-state index contributed by atoms with van der Waals surface area (Å²) in [5.41, 5.74) is 0. The second-order valence-corrected chi connectivity index (χ2v) is 5.56. The van der Waals surface area contributed by atoms with Crippen LogP contribution in [-0.4, -0.2) is 49.1 Å². The van der Waals surface area contributed by atoms with Gasteiger partial charge in [0.05, 0.1) is 12.6 Å². The highest BCUT2D eigenvalue weighted by Crippen LogP contribution is 2.34. The molecule has 2 unspecified atom stereocenters. The minimum Gasteiger partial charge on any atom is -0.383 e. The predicted octanol–water partition coefficient (Wildman–Crippen LogP) is 0.929. The third kappa shape index (κ3) is 3.47. The molecule has 0 radical (unpaired) electrons. The van der Waals surface area contributed by atoms with Crippen LogP contribution < -0.4 is 5.32 Å². The summed E-state index contributed by atoms with van der Waals surface area (Å²) in [6.45, 7) is 3.17. The van der Waals surface area contributed by atoms with E-state index in [1.165, 1.54) is 0 Å². The highest BCUT2D eigenvalue weighted by Gasteiger charge is 2.42. The normalized spacial score (nSPS) is 26.0. The van der Waals surface area contributed by atoms with Gasteiger partial charge in [-0.15, -0.1) is 0 Å². The van der Waals surface area contributed by atoms with Crippen LogP contribution in [0.4, 0.5) is 0 Å². The van der Waals surface area contributed by atoms with E-state index in [9.17, 15) is 9.59 Å². The third-order valence-corrected chi connectivity index (χ3v) is 3.96. The molecule has 1 heterocycles. The molecule has 108 valence electrons. The summed E-state index contributed by atoms with van der Waals surface area (Å²) in [5, 5.41) is 2.89. The fourth-order valence-corrected chi connectivity index (χ4v) is 2.78. The first kappa shape index (κ1) is 14.3. The standard InChI is InChI=1S/C14H24N2O3/c1-3-4-11(9-19-2)16-8-7-12(17)15-13(14(16)18)10-5-6-10/h10-11,13H,3-9H2,1-2H3,(H,15,17). The fraction of sp³-hybridized carbons (Fsp3) is 0.857. The quantitative estimate of drug-likeness (QED) is 0.779. The van der Waals surface area contributed by atoms with Gasteiger partial charge in [0.2, 0.25) is 11.8 Å². The van der Waals surface area contributed by atoms with Crippen LogP contribution in [-0.2, 0) is 14.3 Å². The Morgan fingerprint density at radius 2 is 2.16 bits per heavy atom. The SMILES string of the molecule is CCCC(COC)N1CCC(=O)NC(C2CC2)C1=O. The lowest BCUT2D eigenvalue weighted by molar-refractivity contribution is -0.137. The second kappa shape index (κ2) is 6.37. The van der Waals surface area contributed by atoms with Gasteiger partial charge in [-0.25, -0.2) is 0 Å². The van der Waals surface area contributed by atoms with Gasteiger partial charge >= 0.3 is 0 Å².